The fourth-order valence-corrected chi connectivity index (χ4v) is 2.35. The first-order valence-corrected chi connectivity index (χ1v) is 5.62. The zero-order chi connectivity index (χ0) is 11.7. The number of amides is 1. The quantitative estimate of drug-likeness (QED) is 0.791. The van der Waals surface area contributed by atoms with Crippen LogP contribution in [0.5, 0.6) is 0 Å². The Hall–Kier alpha value is -1.43. The zero-order valence-electron chi connectivity index (χ0n) is 9.33. The molecule has 0 bridgehead atoms. The van der Waals surface area contributed by atoms with Crippen LogP contribution in [0.3, 0.4) is 0 Å². The lowest BCUT2D eigenvalue weighted by Crippen LogP contribution is -2.27. The van der Waals surface area contributed by atoms with E-state index in [1.807, 2.05) is 24.3 Å². The van der Waals surface area contributed by atoms with Crippen molar-refractivity contribution in [2.75, 3.05) is 25.4 Å². The summed E-state index contributed by atoms with van der Waals surface area (Å²) in [4.78, 5) is 12.5. The molecule has 1 N–H and O–H groups in total. The lowest BCUT2D eigenvalue weighted by Gasteiger charge is -2.16. The van der Waals surface area contributed by atoms with Crippen LogP contribution in [0.2, 0.25) is 0 Å². The van der Waals surface area contributed by atoms with Gasteiger partial charge in [0, 0.05) is 5.69 Å². The summed E-state index contributed by atoms with van der Waals surface area (Å²) >= 11 is 0. The van der Waals surface area contributed by atoms with Gasteiger partial charge in [0.2, 0.25) is 6.41 Å². The standard InChI is InChI=1S/C12H14N2O3/c15-6-13-10-3-1-9(2-4-10)12-11-5-16-7-14(11)8-17-12/h1-4,6,11-12H,5,7-8H2,(H,13,15). The van der Waals surface area contributed by atoms with E-state index in [0.717, 1.165) is 17.9 Å². The number of nitrogens with zero attached hydrogens (tertiary/aromatic N) is 1. The molecular weight excluding hydrogens is 220 g/mol. The van der Waals surface area contributed by atoms with Gasteiger partial charge in [-0.2, -0.15) is 0 Å². The minimum atomic E-state index is 0.0720. The van der Waals surface area contributed by atoms with Gasteiger partial charge >= 0.3 is 0 Å². The lowest BCUT2D eigenvalue weighted by atomic mass is 10.0. The third kappa shape index (κ3) is 1.93. The molecule has 5 nitrogen and oxygen atoms in total. The molecule has 0 spiro atoms. The van der Waals surface area contributed by atoms with Crippen molar-refractivity contribution in [1.82, 2.24) is 4.90 Å². The second-order valence-corrected chi connectivity index (χ2v) is 4.26. The van der Waals surface area contributed by atoms with Crippen molar-refractivity contribution >= 4 is 12.1 Å². The number of carbonyl (C=O) groups is 1. The van der Waals surface area contributed by atoms with Crippen LogP contribution in [0.1, 0.15) is 11.7 Å². The second-order valence-electron chi connectivity index (χ2n) is 4.26. The van der Waals surface area contributed by atoms with Gasteiger partial charge in [-0.25, -0.2) is 4.90 Å². The second kappa shape index (κ2) is 4.44. The third-order valence-corrected chi connectivity index (χ3v) is 3.25. The highest BCUT2D eigenvalue weighted by Crippen LogP contribution is 2.34. The number of carbonyl (C=O) groups excluding carboxylic acids is 1. The van der Waals surface area contributed by atoms with Gasteiger partial charge < -0.3 is 14.8 Å². The summed E-state index contributed by atoms with van der Waals surface area (Å²) in [6.07, 6.45) is 0.746. The van der Waals surface area contributed by atoms with Gasteiger partial charge in [0.15, 0.2) is 0 Å². The molecule has 5 heteroatoms. The Labute approximate surface area is 99.3 Å². The van der Waals surface area contributed by atoms with Crippen molar-refractivity contribution in [1.29, 1.82) is 0 Å². The first-order chi connectivity index (χ1) is 8.38. The van der Waals surface area contributed by atoms with E-state index >= 15 is 0 Å². The van der Waals surface area contributed by atoms with E-state index in [0.29, 0.717) is 25.9 Å². The van der Waals surface area contributed by atoms with Crippen molar-refractivity contribution in [3.63, 3.8) is 0 Å². The number of rotatable bonds is 3. The molecule has 2 aliphatic heterocycles. The minimum Gasteiger partial charge on any atom is -0.364 e. The Morgan fingerprint density at radius 1 is 1.29 bits per heavy atom. The molecule has 2 saturated heterocycles. The Morgan fingerprint density at radius 2 is 2.12 bits per heavy atom. The normalized spacial score (nSPS) is 28.0. The maximum absolute atomic E-state index is 10.3. The Kier molecular flexibility index (Phi) is 2.80. The largest absolute Gasteiger partial charge is 0.364 e. The molecule has 2 unspecified atom stereocenters. The molecule has 2 heterocycles. The summed E-state index contributed by atoms with van der Waals surface area (Å²) in [6.45, 7) is 2.01. The number of ether oxygens (including phenoxy) is 2. The Morgan fingerprint density at radius 3 is 2.88 bits per heavy atom. The Bertz CT molecular complexity index is 407. The Balaban J connectivity index is 1.77. The number of anilines is 1. The van der Waals surface area contributed by atoms with E-state index in [-0.39, 0.29) is 6.10 Å². The average Bonchev–Trinajstić information content (AvgIpc) is 2.93. The molecule has 0 aromatic heterocycles. The molecule has 90 valence electrons. The highest BCUT2D eigenvalue weighted by Gasteiger charge is 2.39. The van der Waals surface area contributed by atoms with Crippen molar-refractivity contribution in [2.24, 2.45) is 0 Å². The van der Waals surface area contributed by atoms with Crippen LogP contribution >= 0.6 is 0 Å². The van der Waals surface area contributed by atoms with Crippen LogP contribution in [0.4, 0.5) is 5.69 Å². The smallest absolute Gasteiger partial charge is 0.211 e. The van der Waals surface area contributed by atoms with Crippen LogP contribution in [0, 0.1) is 0 Å². The summed E-state index contributed by atoms with van der Waals surface area (Å²) in [6, 6.07) is 8.05. The molecule has 17 heavy (non-hydrogen) atoms. The highest BCUT2D eigenvalue weighted by molar-refractivity contribution is 5.71. The van der Waals surface area contributed by atoms with E-state index in [1.165, 1.54) is 0 Å². The number of hydrogen-bond donors (Lipinski definition) is 1. The van der Waals surface area contributed by atoms with E-state index in [2.05, 4.69) is 10.2 Å². The summed E-state index contributed by atoms with van der Waals surface area (Å²) in [7, 11) is 0. The summed E-state index contributed by atoms with van der Waals surface area (Å²) in [5, 5.41) is 2.62. The molecule has 0 aliphatic carbocycles. The molecule has 2 aliphatic rings. The first kappa shape index (κ1) is 10.7. The summed E-state index contributed by atoms with van der Waals surface area (Å²) < 4.78 is 11.2. The topological polar surface area (TPSA) is 50.8 Å². The summed E-state index contributed by atoms with van der Waals surface area (Å²) in [5.41, 5.74) is 1.92. The predicted molar refractivity (Wildman–Crippen MR) is 61.3 cm³/mol. The number of nitrogens with one attached hydrogen (secondary N) is 1. The van der Waals surface area contributed by atoms with Gasteiger partial charge in [-0.1, -0.05) is 12.1 Å². The van der Waals surface area contributed by atoms with E-state index < -0.39 is 0 Å². The van der Waals surface area contributed by atoms with E-state index in [9.17, 15) is 4.79 Å². The molecule has 1 aromatic rings. The van der Waals surface area contributed by atoms with Gasteiger partial charge in [-0.3, -0.25) is 4.79 Å². The third-order valence-electron chi connectivity index (χ3n) is 3.25. The van der Waals surface area contributed by atoms with Gasteiger partial charge in [0.1, 0.15) is 19.6 Å². The molecule has 0 radical (unpaired) electrons. The monoisotopic (exact) mass is 234 g/mol. The van der Waals surface area contributed by atoms with Crippen molar-refractivity contribution < 1.29 is 14.3 Å². The summed E-state index contributed by atoms with van der Waals surface area (Å²) in [5.74, 6) is 0. The van der Waals surface area contributed by atoms with E-state index in [1.54, 1.807) is 0 Å². The fourth-order valence-electron chi connectivity index (χ4n) is 2.35. The van der Waals surface area contributed by atoms with Crippen LogP contribution in [0.15, 0.2) is 24.3 Å². The van der Waals surface area contributed by atoms with Crippen molar-refractivity contribution in [3.8, 4) is 0 Å². The minimum absolute atomic E-state index is 0.0720. The molecule has 1 aromatic carbocycles. The predicted octanol–water partition coefficient (Wildman–Crippen LogP) is 0.942. The van der Waals surface area contributed by atoms with Gasteiger partial charge in [-0.05, 0) is 17.7 Å². The number of hydrogen-bond acceptors (Lipinski definition) is 4. The average molecular weight is 234 g/mol. The van der Waals surface area contributed by atoms with Crippen LogP contribution in [-0.2, 0) is 14.3 Å². The first-order valence-electron chi connectivity index (χ1n) is 5.62. The number of fused-ring (bicyclic) bond motifs is 1. The fraction of sp³-hybridized carbons (Fsp3) is 0.417. The molecular formula is C12H14N2O3. The molecule has 3 rings (SSSR count). The maximum atomic E-state index is 10.3. The molecule has 2 atom stereocenters. The number of benzene rings is 1. The van der Waals surface area contributed by atoms with Gasteiger partial charge in [0.25, 0.3) is 0 Å². The highest BCUT2D eigenvalue weighted by atomic mass is 16.6. The van der Waals surface area contributed by atoms with Gasteiger partial charge in [0.05, 0.1) is 12.6 Å². The lowest BCUT2D eigenvalue weighted by molar-refractivity contribution is -0.105. The molecule has 0 saturated carbocycles. The molecule has 2 fully saturated rings. The maximum Gasteiger partial charge on any atom is 0.211 e. The van der Waals surface area contributed by atoms with E-state index in [4.69, 9.17) is 9.47 Å². The van der Waals surface area contributed by atoms with Gasteiger partial charge in [-0.15, -0.1) is 0 Å². The van der Waals surface area contributed by atoms with Crippen LogP contribution in [-0.4, -0.2) is 37.4 Å². The van der Waals surface area contributed by atoms with Crippen molar-refractivity contribution in [2.45, 2.75) is 12.1 Å². The van der Waals surface area contributed by atoms with Crippen LogP contribution in [0.25, 0.3) is 0 Å². The SMILES string of the molecule is O=CNc1ccc(C2OCN3COCC23)cc1. The zero-order valence-corrected chi connectivity index (χ0v) is 9.33. The van der Waals surface area contributed by atoms with Crippen LogP contribution < -0.4 is 5.32 Å². The van der Waals surface area contributed by atoms with Crippen molar-refractivity contribution in [3.05, 3.63) is 29.8 Å². The molecule has 1 amide bonds.